The molecule has 0 heterocycles. The van der Waals surface area contributed by atoms with Crippen LogP contribution in [0.2, 0.25) is 0 Å². The largest absolute Gasteiger partial charge is 3.00 e. The average Bonchev–Trinajstić information content (AvgIpc) is 1.76. The van der Waals surface area contributed by atoms with Crippen molar-refractivity contribution in [2.24, 2.45) is 0 Å². The van der Waals surface area contributed by atoms with Crippen molar-refractivity contribution in [3.63, 3.8) is 0 Å². The van der Waals surface area contributed by atoms with Crippen LogP contribution >= 0.6 is 0 Å². The second kappa shape index (κ2) is 24.8. The van der Waals surface area contributed by atoms with Gasteiger partial charge >= 0.3 is 24.4 Å². The molecular weight excluding hydrogens is 314 g/mol. The monoisotopic (exact) mass is 345 g/mol. The normalized spacial score (nSPS) is 6.12. The second-order valence-electron chi connectivity index (χ2n) is 4.83. The van der Waals surface area contributed by atoms with E-state index in [9.17, 15) is 0 Å². The topological polar surface area (TPSA) is 0 Å². The minimum atomic E-state index is 0. The Kier molecular flexibility index (Phi) is 44.0. The zero-order valence-electron chi connectivity index (χ0n) is 13.3. The Labute approximate surface area is 128 Å². The molecule has 17 heavy (non-hydrogen) atoms. The van der Waals surface area contributed by atoms with Crippen LogP contribution in [-0.2, 0) is 0 Å². The third kappa shape index (κ3) is 60900. The zero-order chi connectivity index (χ0) is 14.3. The van der Waals surface area contributed by atoms with Crippen LogP contribution in [0.25, 0.3) is 0 Å². The number of allylic oxidation sites excluding steroid dienone is 4. The molecule has 0 aromatic heterocycles. The molecule has 0 bridgehead atoms. The van der Waals surface area contributed by atoms with Crippen molar-refractivity contribution in [1.29, 1.82) is 0 Å². The van der Waals surface area contributed by atoms with Gasteiger partial charge in [0.15, 0.2) is 0 Å². The van der Waals surface area contributed by atoms with E-state index in [-0.39, 0.29) is 24.4 Å². The van der Waals surface area contributed by atoms with Crippen LogP contribution in [0.5, 0.6) is 0 Å². The fourth-order valence-electron chi connectivity index (χ4n) is 0. The number of hydrogen-bond acceptors (Lipinski definition) is 0. The maximum absolute atomic E-state index is 3.56. The summed E-state index contributed by atoms with van der Waals surface area (Å²) in [6.45, 7) is 30.0. The molecule has 0 saturated carbocycles. The molecule has 0 rings (SSSR count). The average molecular weight is 346 g/mol. The molecule has 0 aliphatic carbocycles. The molecule has 0 unspecified atom stereocenters. The molecule has 0 nitrogen and oxygen atoms in total. The molecule has 98 valence electrons. The Morgan fingerprint density at radius 2 is 0.412 bits per heavy atom. The summed E-state index contributed by atoms with van der Waals surface area (Å²) in [4.78, 5) is 0. The molecule has 0 aliphatic rings. The third-order valence-corrected chi connectivity index (χ3v) is 0. The summed E-state index contributed by atoms with van der Waals surface area (Å²) in [6.07, 6.45) is 0. The van der Waals surface area contributed by atoms with Gasteiger partial charge < -0.3 is 0 Å². The Morgan fingerprint density at radius 3 is 0.412 bits per heavy atom. The van der Waals surface area contributed by atoms with Crippen molar-refractivity contribution in [3.05, 3.63) is 48.6 Å². The maximum atomic E-state index is 3.56. The molecule has 0 spiro atoms. The Bertz CT molecular complexity index is 146. The van der Waals surface area contributed by atoms with Crippen LogP contribution < -0.4 is 0 Å². The van der Waals surface area contributed by atoms with E-state index in [1.807, 2.05) is 55.4 Å². The van der Waals surface area contributed by atoms with Crippen LogP contribution in [0, 0.1) is 0 Å². The van der Waals surface area contributed by atoms with Crippen molar-refractivity contribution in [2.45, 2.75) is 55.4 Å². The molecule has 0 aromatic rings. The summed E-state index contributed by atoms with van der Waals surface area (Å²) >= 11 is 0. The summed E-state index contributed by atoms with van der Waals surface area (Å²) in [7, 11) is 0. The zero-order valence-corrected chi connectivity index (χ0v) is 15.8. The van der Waals surface area contributed by atoms with E-state index in [0.717, 1.165) is 0 Å². The van der Waals surface area contributed by atoms with Gasteiger partial charge in [-0.3, -0.25) is 0 Å². The summed E-state index contributed by atoms with van der Waals surface area (Å²) in [5.41, 5.74) is 4.67. The minimum Gasteiger partial charge on any atom is -0.100 e. The van der Waals surface area contributed by atoms with E-state index in [2.05, 4.69) is 26.3 Å². The minimum absolute atomic E-state index is 0. The van der Waals surface area contributed by atoms with Crippen LogP contribution in [0.15, 0.2) is 48.6 Å². The van der Waals surface area contributed by atoms with Gasteiger partial charge in [0.2, 0.25) is 0 Å². The molecule has 0 aromatic carbocycles. The van der Waals surface area contributed by atoms with Crippen LogP contribution in [0.3, 0.4) is 0 Å². The van der Waals surface area contributed by atoms with E-state index in [4.69, 9.17) is 0 Å². The summed E-state index contributed by atoms with van der Waals surface area (Å²) in [6, 6.07) is 0. The van der Waals surface area contributed by atoms with E-state index in [1.165, 1.54) is 22.3 Å². The predicted molar refractivity (Wildman–Crippen MR) is 87.7 cm³/mol. The standard InChI is InChI=1S/4C4H8.Sb/c4*1-4(2)3;/h4*1H2,2-3H3;/q;;;;+3. The Morgan fingerprint density at radius 1 is 0.412 bits per heavy atom. The van der Waals surface area contributed by atoms with Crippen molar-refractivity contribution in [2.75, 3.05) is 0 Å². The van der Waals surface area contributed by atoms with E-state index in [0.29, 0.717) is 0 Å². The molecule has 2 radical (unpaired) electrons. The summed E-state index contributed by atoms with van der Waals surface area (Å²) in [5.74, 6) is 0. The van der Waals surface area contributed by atoms with Crippen molar-refractivity contribution < 1.29 is 0 Å². The first-order chi connectivity index (χ1) is 6.93. The Hall–Kier alpha value is -0.222. The number of rotatable bonds is 0. The van der Waals surface area contributed by atoms with Gasteiger partial charge in [-0.05, 0) is 55.4 Å². The van der Waals surface area contributed by atoms with Gasteiger partial charge in [0.1, 0.15) is 0 Å². The summed E-state index contributed by atoms with van der Waals surface area (Å²) in [5, 5.41) is 0. The molecule has 1 heteroatoms. The van der Waals surface area contributed by atoms with Crippen LogP contribution in [-0.4, -0.2) is 24.4 Å². The van der Waals surface area contributed by atoms with Gasteiger partial charge in [0.25, 0.3) is 0 Å². The van der Waals surface area contributed by atoms with Gasteiger partial charge in [0.05, 0.1) is 0 Å². The fraction of sp³-hybridized carbons (Fsp3) is 0.500. The smallest absolute Gasteiger partial charge is 0.100 e. The molecule has 0 N–H and O–H groups in total. The maximum Gasteiger partial charge on any atom is 3.00 e. The van der Waals surface area contributed by atoms with Crippen molar-refractivity contribution in [1.82, 2.24) is 0 Å². The van der Waals surface area contributed by atoms with Gasteiger partial charge in [-0.1, -0.05) is 22.3 Å². The van der Waals surface area contributed by atoms with E-state index >= 15 is 0 Å². The van der Waals surface area contributed by atoms with E-state index < -0.39 is 0 Å². The first-order valence-corrected chi connectivity index (χ1v) is 5.41. The van der Waals surface area contributed by atoms with Gasteiger partial charge in [-0.25, -0.2) is 0 Å². The molecule has 0 aliphatic heterocycles. The Balaban J connectivity index is -0.0000000369. The van der Waals surface area contributed by atoms with Crippen LogP contribution in [0.1, 0.15) is 55.4 Å². The quantitative estimate of drug-likeness (QED) is 0.376. The van der Waals surface area contributed by atoms with E-state index in [1.54, 1.807) is 0 Å². The molecule has 0 atom stereocenters. The predicted octanol–water partition coefficient (Wildman–Crippen LogP) is 5.95. The first kappa shape index (κ1) is 30.1. The molecule has 0 fully saturated rings. The van der Waals surface area contributed by atoms with Gasteiger partial charge in [0, 0.05) is 0 Å². The summed E-state index contributed by atoms with van der Waals surface area (Å²) < 4.78 is 0. The SMILES string of the molecule is C=C(C)C.C=C(C)C.C=C(C)C.C=C(C)C.[Sb+3]. The van der Waals surface area contributed by atoms with Crippen molar-refractivity contribution in [3.8, 4) is 0 Å². The fourth-order valence-corrected chi connectivity index (χ4v) is 0. The second-order valence-corrected chi connectivity index (χ2v) is 4.83. The van der Waals surface area contributed by atoms with Gasteiger partial charge in [-0.15, -0.1) is 26.3 Å². The molecular formula is C16H32Sb+3. The number of hydrogen-bond donors (Lipinski definition) is 0. The molecule has 0 amide bonds. The third-order valence-electron chi connectivity index (χ3n) is 0. The first-order valence-electron chi connectivity index (χ1n) is 5.41. The molecule has 0 saturated heterocycles. The van der Waals surface area contributed by atoms with Crippen molar-refractivity contribution >= 4 is 24.4 Å². The van der Waals surface area contributed by atoms with Gasteiger partial charge in [-0.2, -0.15) is 0 Å². The van der Waals surface area contributed by atoms with Crippen LogP contribution in [0.4, 0.5) is 0 Å².